The van der Waals surface area contributed by atoms with Crippen molar-refractivity contribution in [3.63, 3.8) is 0 Å². The Balaban J connectivity index is 2.59. The Morgan fingerprint density at radius 3 is 2.87 bits per heavy atom. The number of hydrogen-bond acceptors (Lipinski definition) is 1. The first-order chi connectivity index (χ1) is 7.16. The van der Waals surface area contributed by atoms with Crippen LogP contribution in [0.15, 0.2) is 18.2 Å². The summed E-state index contributed by atoms with van der Waals surface area (Å²) in [6.07, 6.45) is 0. The molecule has 3 aromatic rings. The van der Waals surface area contributed by atoms with Gasteiger partial charge in [-0.25, -0.2) is 4.98 Å². The van der Waals surface area contributed by atoms with Gasteiger partial charge in [-0.2, -0.15) is 0 Å². The lowest BCUT2D eigenvalue weighted by Gasteiger charge is -1.97. The molecule has 0 saturated heterocycles. The van der Waals surface area contributed by atoms with E-state index in [-0.39, 0.29) is 0 Å². The van der Waals surface area contributed by atoms with E-state index in [0.29, 0.717) is 0 Å². The van der Waals surface area contributed by atoms with E-state index < -0.39 is 0 Å². The third-order valence-corrected chi connectivity index (χ3v) is 3.03. The zero-order chi connectivity index (χ0) is 10.6. The Kier molecular flexibility index (Phi) is 1.49. The van der Waals surface area contributed by atoms with Crippen LogP contribution in [-0.2, 0) is 7.05 Å². The molecule has 0 amide bonds. The Morgan fingerprint density at radius 1 is 1.27 bits per heavy atom. The molecule has 0 spiro atoms. The van der Waals surface area contributed by atoms with Crippen molar-refractivity contribution in [2.75, 3.05) is 0 Å². The third kappa shape index (κ3) is 1.03. The van der Waals surface area contributed by atoms with Gasteiger partial charge < -0.3 is 9.55 Å². The van der Waals surface area contributed by atoms with Crippen molar-refractivity contribution in [3.05, 3.63) is 29.7 Å². The maximum Gasteiger partial charge on any atom is 0.104 e. The smallest absolute Gasteiger partial charge is 0.104 e. The van der Waals surface area contributed by atoms with Crippen LogP contribution < -0.4 is 0 Å². The van der Waals surface area contributed by atoms with E-state index in [0.717, 1.165) is 16.9 Å². The van der Waals surface area contributed by atoms with Crippen LogP contribution in [0.5, 0.6) is 0 Å². The van der Waals surface area contributed by atoms with E-state index in [9.17, 15) is 0 Å². The number of nitrogens with one attached hydrogen (secondary N) is 1. The Labute approximate surface area is 87.7 Å². The average Bonchev–Trinajstić information content (AvgIpc) is 2.69. The zero-order valence-electron chi connectivity index (χ0n) is 9.13. The highest BCUT2D eigenvalue weighted by Crippen LogP contribution is 2.25. The second-order valence-corrected chi connectivity index (χ2v) is 4.06. The van der Waals surface area contributed by atoms with Gasteiger partial charge in [0.2, 0.25) is 0 Å². The quantitative estimate of drug-likeness (QED) is 0.593. The fraction of sp³-hybridized carbons (Fsp3) is 0.250. The summed E-state index contributed by atoms with van der Waals surface area (Å²) >= 11 is 0. The first kappa shape index (κ1) is 8.53. The van der Waals surface area contributed by atoms with Crippen molar-refractivity contribution in [1.82, 2.24) is 14.5 Å². The number of hydrogen-bond donors (Lipinski definition) is 1. The largest absolute Gasteiger partial charge is 0.348 e. The van der Waals surface area contributed by atoms with Gasteiger partial charge in [0.25, 0.3) is 0 Å². The minimum absolute atomic E-state index is 0.971. The van der Waals surface area contributed by atoms with Gasteiger partial charge in [-0.3, -0.25) is 0 Å². The molecule has 0 aliphatic carbocycles. The van der Waals surface area contributed by atoms with Crippen LogP contribution in [0.2, 0.25) is 0 Å². The van der Waals surface area contributed by atoms with Crippen molar-refractivity contribution < 1.29 is 0 Å². The molecule has 0 bridgehead atoms. The molecule has 3 rings (SSSR count). The maximum atomic E-state index is 4.53. The lowest BCUT2D eigenvalue weighted by molar-refractivity contribution is 0.918. The van der Waals surface area contributed by atoms with Crippen LogP contribution in [0, 0.1) is 13.8 Å². The number of nitrogens with zero attached hydrogens (tertiary/aromatic N) is 2. The Bertz CT molecular complexity index is 658. The molecule has 2 aromatic heterocycles. The van der Waals surface area contributed by atoms with Crippen LogP contribution in [-0.4, -0.2) is 14.5 Å². The highest BCUT2D eigenvalue weighted by Gasteiger charge is 2.08. The van der Waals surface area contributed by atoms with Crippen LogP contribution in [0.25, 0.3) is 21.9 Å². The van der Waals surface area contributed by atoms with E-state index in [1.165, 1.54) is 16.6 Å². The standard InChI is InChI=1S/C12H13N3/c1-7-6-9-11(15(7)3)5-4-10-12(9)14-8(2)13-10/h4-6H,1-3H3,(H,13,14). The van der Waals surface area contributed by atoms with Crippen molar-refractivity contribution in [2.45, 2.75) is 13.8 Å². The first-order valence-corrected chi connectivity index (χ1v) is 5.08. The summed E-state index contributed by atoms with van der Waals surface area (Å²) in [6.45, 7) is 4.10. The summed E-state index contributed by atoms with van der Waals surface area (Å²) < 4.78 is 2.19. The number of benzene rings is 1. The number of fused-ring (bicyclic) bond motifs is 3. The Hall–Kier alpha value is -1.77. The minimum atomic E-state index is 0.971. The van der Waals surface area contributed by atoms with Gasteiger partial charge >= 0.3 is 0 Å². The predicted molar refractivity (Wildman–Crippen MR) is 62.0 cm³/mol. The molecule has 3 nitrogen and oxygen atoms in total. The van der Waals surface area contributed by atoms with E-state index in [1.807, 2.05) is 6.92 Å². The topological polar surface area (TPSA) is 33.6 Å². The highest BCUT2D eigenvalue weighted by atomic mass is 15.0. The lowest BCUT2D eigenvalue weighted by Crippen LogP contribution is -1.88. The molecule has 3 heteroatoms. The number of imidazole rings is 1. The molecule has 76 valence electrons. The van der Waals surface area contributed by atoms with Gasteiger partial charge in [0.15, 0.2) is 0 Å². The summed E-state index contributed by atoms with van der Waals surface area (Å²) in [5.41, 5.74) is 4.70. The van der Waals surface area contributed by atoms with Crippen LogP contribution in [0.1, 0.15) is 11.5 Å². The molecule has 15 heavy (non-hydrogen) atoms. The van der Waals surface area contributed by atoms with Gasteiger partial charge in [0.1, 0.15) is 5.82 Å². The summed E-state index contributed by atoms with van der Waals surface area (Å²) in [4.78, 5) is 7.79. The van der Waals surface area contributed by atoms with E-state index in [4.69, 9.17) is 0 Å². The molecule has 0 unspecified atom stereocenters. The molecule has 1 N–H and O–H groups in total. The van der Waals surface area contributed by atoms with E-state index >= 15 is 0 Å². The zero-order valence-corrected chi connectivity index (χ0v) is 9.13. The minimum Gasteiger partial charge on any atom is -0.348 e. The molecule has 0 fully saturated rings. The molecule has 0 aliphatic rings. The van der Waals surface area contributed by atoms with Crippen LogP contribution in [0.3, 0.4) is 0 Å². The molecule has 0 aliphatic heterocycles. The van der Waals surface area contributed by atoms with Crippen molar-refractivity contribution in [2.24, 2.45) is 7.05 Å². The summed E-state index contributed by atoms with van der Waals surface area (Å²) in [5, 5.41) is 1.23. The molecule has 0 saturated carbocycles. The molecular weight excluding hydrogens is 186 g/mol. The number of aromatic amines is 1. The predicted octanol–water partition coefficient (Wildman–Crippen LogP) is 2.67. The molecular formula is C12H13N3. The SMILES string of the molecule is Cc1nc2c(ccc3c2cc(C)n3C)[nH]1. The van der Waals surface area contributed by atoms with Gasteiger partial charge in [0.05, 0.1) is 16.6 Å². The van der Waals surface area contributed by atoms with Gasteiger partial charge in [0, 0.05) is 18.1 Å². The van der Waals surface area contributed by atoms with E-state index in [2.05, 4.69) is 46.7 Å². The molecule has 2 heterocycles. The van der Waals surface area contributed by atoms with Crippen molar-refractivity contribution in [1.29, 1.82) is 0 Å². The maximum absolute atomic E-state index is 4.53. The van der Waals surface area contributed by atoms with Crippen LogP contribution in [0.4, 0.5) is 0 Å². The fourth-order valence-electron chi connectivity index (χ4n) is 2.14. The summed E-state index contributed by atoms with van der Waals surface area (Å²) in [6, 6.07) is 6.43. The highest BCUT2D eigenvalue weighted by molar-refractivity contribution is 6.03. The monoisotopic (exact) mass is 199 g/mol. The van der Waals surface area contributed by atoms with Gasteiger partial charge in [-0.1, -0.05) is 0 Å². The van der Waals surface area contributed by atoms with E-state index in [1.54, 1.807) is 0 Å². The summed E-state index contributed by atoms with van der Waals surface area (Å²) in [5.74, 6) is 0.971. The molecule has 0 atom stereocenters. The van der Waals surface area contributed by atoms with Gasteiger partial charge in [-0.15, -0.1) is 0 Å². The first-order valence-electron chi connectivity index (χ1n) is 5.08. The van der Waals surface area contributed by atoms with Crippen molar-refractivity contribution >= 4 is 21.9 Å². The second kappa shape index (κ2) is 2.63. The lowest BCUT2D eigenvalue weighted by atomic mass is 10.2. The normalized spacial score (nSPS) is 11.7. The number of rotatable bonds is 0. The fourth-order valence-corrected chi connectivity index (χ4v) is 2.14. The molecule has 0 radical (unpaired) electrons. The van der Waals surface area contributed by atoms with Crippen molar-refractivity contribution in [3.8, 4) is 0 Å². The van der Waals surface area contributed by atoms with Crippen LogP contribution >= 0.6 is 0 Å². The second-order valence-electron chi connectivity index (χ2n) is 4.06. The average molecular weight is 199 g/mol. The summed E-state index contributed by atoms with van der Waals surface area (Å²) in [7, 11) is 2.09. The Morgan fingerprint density at radius 2 is 2.07 bits per heavy atom. The third-order valence-electron chi connectivity index (χ3n) is 3.03. The number of H-pyrrole nitrogens is 1. The molecule has 1 aromatic carbocycles. The van der Waals surface area contributed by atoms with Gasteiger partial charge in [-0.05, 0) is 32.0 Å². The number of aryl methyl sites for hydroxylation is 3. The number of aromatic nitrogens is 3.